The number of nitrogens with one attached hydrogen (secondary N) is 1. The molecule has 5 nitrogen and oxygen atoms in total. The molecule has 1 N–H and O–H groups in total. The standard InChI is InChI=1S/C17H21F3N4O/c18-17(19,20)12-24-10-7-13(8-11-24)6-9-21-16-22-15(25-23-16)14-4-2-1-3-5-14/h1-5,13H,6-12H2,(H,21,23). The van der Waals surface area contributed by atoms with E-state index in [2.05, 4.69) is 15.5 Å². The fourth-order valence-electron chi connectivity index (χ4n) is 3.07. The second-order valence-electron chi connectivity index (χ2n) is 6.34. The lowest BCUT2D eigenvalue weighted by molar-refractivity contribution is -0.148. The van der Waals surface area contributed by atoms with Crippen molar-refractivity contribution in [3.63, 3.8) is 0 Å². The van der Waals surface area contributed by atoms with Gasteiger partial charge in [-0.05, 0) is 55.6 Å². The summed E-state index contributed by atoms with van der Waals surface area (Å²) in [4.78, 5) is 5.77. The van der Waals surface area contributed by atoms with Crippen molar-refractivity contribution in [2.24, 2.45) is 5.92 Å². The zero-order valence-corrected chi connectivity index (χ0v) is 13.8. The molecule has 3 rings (SSSR count). The molecule has 0 spiro atoms. The Bertz CT molecular complexity index is 651. The van der Waals surface area contributed by atoms with Gasteiger partial charge < -0.3 is 9.84 Å². The number of alkyl halides is 3. The van der Waals surface area contributed by atoms with Crippen LogP contribution in [0.3, 0.4) is 0 Å². The smallest absolute Gasteiger partial charge is 0.352 e. The fourth-order valence-corrected chi connectivity index (χ4v) is 3.07. The first-order valence-corrected chi connectivity index (χ1v) is 8.42. The minimum absolute atomic E-state index is 0.428. The van der Waals surface area contributed by atoms with Gasteiger partial charge in [-0.3, -0.25) is 4.90 Å². The van der Waals surface area contributed by atoms with E-state index in [9.17, 15) is 13.2 Å². The quantitative estimate of drug-likeness (QED) is 0.855. The summed E-state index contributed by atoms with van der Waals surface area (Å²) >= 11 is 0. The van der Waals surface area contributed by atoms with Crippen molar-refractivity contribution in [2.75, 3.05) is 31.5 Å². The van der Waals surface area contributed by atoms with E-state index in [1.807, 2.05) is 30.3 Å². The van der Waals surface area contributed by atoms with Gasteiger partial charge in [-0.25, -0.2) is 0 Å². The molecule has 1 aromatic carbocycles. The van der Waals surface area contributed by atoms with Crippen molar-refractivity contribution in [3.05, 3.63) is 30.3 Å². The Balaban J connectivity index is 1.39. The highest BCUT2D eigenvalue weighted by Gasteiger charge is 2.32. The number of anilines is 1. The fraction of sp³-hybridized carbons (Fsp3) is 0.529. The van der Waals surface area contributed by atoms with Crippen LogP contribution in [0.25, 0.3) is 11.5 Å². The first-order valence-electron chi connectivity index (χ1n) is 8.42. The molecule has 2 aromatic rings. The molecule has 2 heterocycles. The SMILES string of the molecule is FC(F)(F)CN1CCC(CCNc2noc(-c3ccccc3)n2)CC1. The van der Waals surface area contributed by atoms with Gasteiger partial charge in [0, 0.05) is 12.1 Å². The summed E-state index contributed by atoms with van der Waals surface area (Å²) in [6.07, 6.45) is -1.64. The number of halogens is 3. The average molecular weight is 354 g/mol. The summed E-state index contributed by atoms with van der Waals surface area (Å²) in [5.74, 6) is 1.33. The summed E-state index contributed by atoms with van der Waals surface area (Å²) < 4.78 is 42.4. The van der Waals surface area contributed by atoms with Gasteiger partial charge >= 0.3 is 6.18 Å². The highest BCUT2D eigenvalue weighted by atomic mass is 19.4. The van der Waals surface area contributed by atoms with Crippen molar-refractivity contribution >= 4 is 5.95 Å². The maximum Gasteiger partial charge on any atom is 0.401 e. The van der Waals surface area contributed by atoms with Crippen LogP contribution in [0.15, 0.2) is 34.9 Å². The van der Waals surface area contributed by atoms with E-state index < -0.39 is 12.7 Å². The van der Waals surface area contributed by atoms with Crippen LogP contribution < -0.4 is 5.32 Å². The van der Waals surface area contributed by atoms with Crippen molar-refractivity contribution in [2.45, 2.75) is 25.4 Å². The predicted molar refractivity (Wildman–Crippen MR) is 88.1 cm³/mol. The largest absolute Gasteiger partial charge is 0.401 e. The number of likely N-dealkylation sites (tertiary alicyclic amines) is 1. The van der Waals surface area contributed by atoms with E-state index in [0.717, 1.165) is 24.8 Å². The second kappa shape index (κ2) is 7.86. The van der Waals surface area contributed by atoms with Gasteiger partial charge in [0.2, 0.25) is 0 Å². The highest BCUT2D eigenvalue weighted by Crippen LogP contribution is 2.24. The lowest BCUT2D eigenvalue weighted by Gasteiger charge is -2.32. The maximum absolute atomic E-state index is 12.4. The van der Waals surface area contributed by atoms with Crippen molar-refractivity contribution < 1.29 is 17.7 Å². The summed E-state index contributed by atoms with van der Waals surface area (Å²) in [7, 11) is 0. The Labute approximate surface area is 144 Å². The monoisotopic (exact) mass is 354 g/mol. The lowest BCUT2D eigenvalue weighted by Crippen LogP contribution is -2.40. The molecule has 0 aliphatic carbocycles. The van der Waals surface area contributed by atoms with Crippen molar-refractivity contribution in [3.8, 4) is 11.5 Å². The van der Waals surface area contributed by atoms with Crippen LogP contribution in [-0.4, -0.2) is 47.4 Å². The molecule has 0 amide bonds. The molecule has 0 unspecified atom stereocenters. The number of rotatable bonds is 6. The van der Waals surface area contributed by atoms with Gasteiger partial charge in [0.1, 0.15) is 0 Å². The molecular weight excluding hydrogens is 333 g/mol. The molecule has 0 radical (unpaired) electrons. The predicted octanol–water partition coefficient (Wildman–Crippen LogP) is 3.81. The number of benzene rings is 1. The maximum atomic E-state index is 12.4. The molecule has 136 valence electrons. The molecule has 25 heavy (non-hydrogen) atoms. The van der Waals surface area contributed by atoms with Gasteiger partial charge in [0.05, 0.1) is 6.54 Å². The van der Waals surface area contributed by atoms with E-state index in [-0.39, 0.29) is 0 Å². The van der Waals surface area contributed by atoms with Gasteiger partial charge in [0.25, 0.3) is 11.8 Å². The average Bonchev–Trinajstić information content (AvgIpc) is 3.05. The lowest BCUT2D eigenvalue weighted by atomic mass is 9.93. The molecule has 1 saturated heterocycles. The van der Waals surface area contributed by atoms with Crippen LogP contribution >= 0.6 is 0 Å². The number of aromatic nitrogens is 2. The molecule has 1 aliphatic rings. The molecule has 0 bridgehead atoms. The number of piperidine rings is 1. The van der Waals surface area contributed by atoms with E-state index >= 15 is 0 Å². The minimum atomic E-state index is -4.11. The topological polar surface area (TPSA) is 54.2 Å². The van der Waals surface area contributed by atoms with E-state index in [1.165, 1.54) is 4.90 Å². The van der Waals surface area contributed by atoms with Gasteiger partial charge in [-0.15, -0.1) is 0 Å². The summed E-state index contributed by atoms with van der Waals surface area (Å²) in [5, 5.41) is 7.02. The number of nitrogens with zero attached hydrogens (tertiary/aromatic N) is 3. The first kappa shape index (κ1) is 17.7. The normalized spacial score (nSPS) is 16.9. The summed E-state index contributed by atoms with van der Waals surface area (Å²) in [6, 6.07) is 9.51. The second-order valence-corrected chi connectivity index (χ2v) is 6.34. The molecule has 1 aromatic heterocycles. The van der Waals surface area contributed by atoms with Gasteiger partial charge in [-0.1, -0.05) is 18.2 Å². The summed E-state index contributed by atoms with van der Waals surface area (Å²) in [5.41, 5.74) is 0.861. The third-order valence-corrected chi connectivity index (χ3v) is 4.39. The van der Waals surface area contributed by atoms with Gasteiger partial charge in [-0.2, -0.15) is 18.2 Å². The third-order valence-electron chi connectivity index (χ3n) is 4.39. The van der Waals surface area contributed by atoms with E-state index in [0.29, 0.717) is 37.4 Å². The van der Waals surface area contributed by atoms with Crippen LogP contribution in [0.1, 0.15) is 19.3 Å². The Morgan fingerprint density at radius 1 is 1.16 bits per heavy atom. The minimum Gasteiger partial charge on any atom is -0.352 e. The van der Waals surface area contributed by atoms with E-state index in [4.69, 9.17) is 4.52 Å². The van der Waals surface area contributed by atoms with Crippen LogP contribution in [0, 0.1) is 5.92 Å². The zero-order chi connectivity index (χ0) is 17.7. The zero-order valence-electron chi connectivity index (χ0n) is 13.8. The third kappa shape index (κ3) is 5.45. The number of hydrogen-bond acceptors (Lipinski definition) is 5. The van der Waals surface area contributed by atoms with E-state index in [1.54, 1.807) is 0 Å². The molecular formula is C17H21F3N4O. The molecule has 0 saturated carbocycles. The van der Waals surface area contributed by atoms with Crippen LogP contribution in [0.2, 0.25) is 0 Å². The van der Waals surface area contributed by atoms with Crippen LogP contribution in [0.4, 0.5) is 19.1 Å². The van der Waals surface area contributed by atoms with Crippen LogP contribution in [0.5, 0.6) is 0 Å². The molecule has 0 atom stereocenters. The Morgan fingerprint density at radius 2 is 1.88 bits per heavy atom. The molecule has 8 heteroatoms. The Hall–Kier alpha value is -2.09. The first-order chi connectivity index (χ1) is 12.0. The van der Waals surface area contributed by atoms with Crippen molar-refractivity contribution in [1.29, 1.82) is 0 Å². The number of hydrogen-bond donors (Lipinski definition) is 1. The highest BCUT2D eigenvalue weighted by molar-refractivity contribution is 5.53. The molecule has 1 fully saturated rings. The Morgan fingerprint density at radius 3 is 2.56 bits per heavy atom. The summed E-state index contributed by atoms with van der Waals surface area (Å²) in [6.45, 7) is 0.885. The van der Waals surface area contributed by atoms with Crippen molar-refractivity contribution in [1.82, 2.24) is 15.0 Å². The van der Waals surface area contributed by atoms with Gasteiger partial charge in [0.15, 0.2) is 0 Å². The Kier molecular flexibility index (Phi) is 5.57. The molecule has 1 aliphatic heterocycles. The van der Waals surface area contributed by atoms with Crippen LogP contribution in [-0.2, 0) is 0 Å².